The van der Waals surface area contributed by atoms with Crippen molar-refractivity contribution < 1.29 is 32.2 Å². The van der Waals surface area contributed by atoms with Gasteiger partial charge in [0.2, 0.25) is 0 Å². The van der Waals surface area contributed by atoms with Crippen LogP contribution in [-0.2, 0) is 19.1 Å². The van der Waals surface area contributed by atoms with Gasteiger partial charge in [0.1, 0.15) is 0 Å². The largest absolute Gasteiger partial charge is 0.463 e. The van der Waals surface area contributed by atoms with E-state index in [1.807, 2.05) is 0 Å². The summed E-state index contributed by atoms with van der Waals surface area (Å²) in [6.45, 7) is 0.670. The number of carbonyl (C=O) groups is 2. The van der Waals surface area contributed by atoms with Crippen LogP contribution in [0.2, 0.25) is 0 Å². The van der Waals surface area contributed by atoms with Gasteiger partial charge in [-0.25, -0.2) is 9.59 Å². The van der Waals surface area contributed by atoms with E-state index < -0.39 is 24.7 Å². The first kappa shape index (κ1) is 19.5. The first-order chi connectivity index (χ1) is 9.85. The molecule has 0 radical (unpaired) electrons. The average molecular weight is 310 g/mol. The van der Waals surface area contributed by atoms with E-state index >= 15 is 0 Å². The molecule has 0 aliphatic heterocycles. The molecule has 0 aromatic carbocycles. The number of rotatable bonds is 10. The van der Waals surface area contributed by atoms with Crippen LogP contribution >= 0.6 is 0 Å². The van der Waals surface area contributed by atoms with Gasteiger partial charge in [0, 0.05) is 12.2 Å². The average Bonchev–Trinajstić information content (AvgIpc) is 2.41. The highest BCUT2D eigenvalue weighted by molar-refractivity contribution is 5.91. The van der Waals surface area contributed by atoms with Crippen LogP contribution in [0.25, 0.3) is 0 Å². The molecule has 0 aliphatic carbocycles. The molecule has 21 heavy (non-hydrogen) atoms. The number of halogens is 3. The molecule has 0 bridgehead atoms. The number of unbranched alkanes of at least 4 members (excludes halogenated alkanes) is 5. The third kappa shape index (κ3) is 14.7. The minimum Gasteiger partial charge on any atom is -0.463 e. The van der Waals surface area contributed by atoms with Gasteiger partial charge in [-0.1, -0.05) is 39.0 Å². The van der Waals surface area contributed by atoms with E-state index in [0.29, 0.717) is 6.08 Å². The predicted octanol–water partition coefficient (Wildman–Crippen LogP) is 3.55. The van der Waals surface area contributed by atoms with Crippen molar-refractivity contribution in [2.45, 2.75) is 51.6 Å². The number of ether oxygens (including phenoxy) is 2. The second-order valence-electron chi connectivity index (χ2n) is 4.49. The molecule has 0 rings (SSSR count). The molecule has 0 unspecified atom stereocenters. The Bertz CT molecular complexity index is 338. The predicted molar refractivity (Wildman–Crippen MR) is 70.5 cm³/mol. The molecule has 0 saturated heterocycles. The highest BCUT2D eigenvalue weighted by Crippen LogP contribution is 2.14. The molecule has 7 heteroatoms. The summed E-state index contributed by atoms with van der Waals surface area (Å²) in [4.78, 5) is 22.0. The summed E-state index contributed by atoms with van der Waals surface area (Å²) < 4.78 is 43.9. The molecule has 0 N–H and O–H groups in total. The van der Waals surface area contributed by atoms with Crippen molar-refractivity contribution in [2.75, 3.05) is 13.2 Å². The molecular weight excluding hydrogens is 289 g/mol. The molecule has 0 aromatic heterocycles. The van der Waals surface area contributed by atoms with Crippen molar-refractivity contribution >= 4 is 11.9 Å². The van der Waals surface area contributed by atoms with Crippen molar-refractivity contribution in [3.8, 4) is 0 Å². The minimum atomic E-state index is -4.58. The molecule has 0 aromatic rings. The van der Waals surface area contributed by atoms with Crippen molar-refractivity contribution in [3.63, 3.8) is 0 Å². The minimum absolute atomic E-state index is 0.229. The second-order valence-corrected chi connectivity index (χ2v) is 4.49. The van der Waals surface area contributed by atoms with Crippen LogP contribution in [0.15, 0.2) is 12.2 Å². The summed E-state index contributed by atoms with van der Waals surface area (Å²) in [7, 11) is 0. The molecule has 0 fully saturated rings. The fraction of sp³-hybridized carbons (Fsp3) is 0.714. The van der Waals surface area contributed by atoms with E-state index in [1.165, 1.54) is 6.42 Å². The van der Waals surface area contributed by atoms with Crippen molar-refractivity contribution in [3.05, 3.63) is 12.2 Å². The molecule has 0 aliphatic rings. The Labute approximate surface area is 122 Å². The fourth-order valence-electron chi connectivity index (χ4n) is 1.44. The number of carbonyl (C=O) groups excluding carboxylic acids is 2. The Morgan fingerprint density at radius 3 is 2.00 bits per heavy atom. The number of esters is 2. The van der Waals surface area contributed by atoms with Gasteiger partial charge in [-0.15, -0.1) is 0 Å². The van der Waals surface area contributed by atoms with E-state index in [9.17, 15) is 22.8 Å². The molecule has 122 valence electrons. The monoisotopic (exact) mass is 310 g/mol. The molecule has 0 heterocycles. The van der Waals surface area contributed by atoms with Crippen molar-refractivity contribution in [1.29, 1.82) is 0 Å². The van der Waals surface area contributed by atoms with Gasteiger partial charge in [0.25, 0.3) is 0 Å². The maximum Gasteiger partial charge on any atom is 0.422 e. The molecule has 0 amide bonds. The lowest BCUT2D eigenvalue weighted by Gasteiger charge is -2.05. The Kier molecular flexibility index (Phi) is 10.4. The van der Waals surface area contributed by atoms with Crippen molar-refractivity contribution in [2.24, 2.45) is 0 Å². The van der Waals surface area contributed by atoms with E-state index in [4.69, 9.17) is 4.74 Å². The fourth-order valence-corrected chi connectivity index (χ4v) is 1.44. The third-order valence-corrected chi connectivity index (χ3v) is 2.48. The quantitative estimate of drug-likeness (QED) is 0.352. The maximum atomic E-state index is 11.7. The number of hydrogen-bond donors (Lipinski definition) is 0. The van der Waals surface area contributed by atoms with Gasteiger partial charge in [0.15, 0.2) is 6.61 Å². The summed E-state index contributed by atoms with van der Waals surface area (Å²) in [5, 5.41) is 0. The molecule has 4 nitrogen and oxygen atoms in total. The van der Waals surface area contributed by atoms with E-state index in [0.717, 1.165) is 38.2 Å². The molecular formula is C14H21F3O4. The van der Waals surface area contributed by atoms with Crippen LogP contribution in [0, 0.1) is 0 Å². The lowest BCUT2D eigenvalue weighted by Crippen LogP contribution is -2.19. The van der Waals surface area contributed by atoms with E-state index in [1.54, 1.807) is 0 Å². The Balaban J connectivity index is 3.64. The van der Waals surface area contributed by atoms with Gasteiger partial charge in [-0.05, 0) is 6.42 Å². The first-order valence-corrected chi connectivity index (χ1v) is 6.93. The van der Waals surface area contributed by atoms with Crippen LogP contribution < -0.4 is 0 Å². The Morgan fingerprint density at radius 2 is 1.43 bits per heavy atom. The molecule has 0 spiro atoms. The second kappa shape index (κ2) is 11.2. The van der Waals surface area contributed by atoms with Crippen LogP contribution in [0.3, 0.4) is 0 Å². The standard InChI is InChI=1S/C14H21F3O4/c1-2-3-4-5-6-7-10-20-12(18)8-9-13(19)21-11-14(15,16)17/h8-9H,2-7,10-11H2,1H3. The van der Waals surface area contributed by atoms with Gasteiger partial charge < -0.3 is 9.47 Å². The zero-order valence-electron chi connectivity index (χ0n) is 12.1. The number of hydrogen-bond acceptors (Lipinski definition) is 4. The summed E-state index contributed by atoms with van der Waals surface area (Å²) in [5.41, 5.74) is 0. The summed E-state index contributed by atoms with van der Waals surface area (Å²) in [6, 6.07) is 0. The van der Waals surface area contributed by atoms with Crippen LogP contribution in [0.5, 0.6) is 0 Å². The highest BCUT2D eigenvalue weighted by atomic mass is 19.4. The van der Waals surface area contributed by atoms with Crippen LogP contribution in [-0.4, -0.2) is 31.3 Å². The third-order valence-electron chi connectivity index (χ3n) is 2.48. The normalized spacial score (nSPS) is 11.6. The van der Waals surface area contributed by atoms with Gasteiger partial charge in [-0.2, -0.15) is 13.2 Å². The van der Waals surface area contributed by atoms with E-state index in [-0.39, 0.29) is 6.61 Å². The number of alkyl halides is 3. The lowest BCUT2D eigenvalue weighted by atomic mass is 10.1. The summed E-state index contributed by atoms with van der Waals surface area (Å²) in [6.07, 6.45) is 3.03. The van der Waals surface area contributed by atoms with Crippen molar-refractivity contribution in [1.82, 2.24) is 0 Å². The zero-order valence-corrected chi connectivity index (χ0v) is 12.1. The topological polar surface area (TPSA) is 52.6 Å². The SMILES string of the molecule is CCCCCCCCOC(=O)C=CC(=O)OCC(F)(F)F. The smallest absolute Gasteiger partial charge is 0.422 e. The molecule has 0 atom stereocenters. The van der Waals surface area contributed by atoms with Gasteiger partial charge in [0.05, 0.1) is 6.61 Å². The highest BCUT2D eigenvalue weighted by Gasteiger charge is 2.29. The lowest BCUT2D eigenvalue weighted by molar-refractivity contribution is -0.182. The molecule has 0 saturated carbocycles. The Morgan fingerprint density at radius 1 is 0.905 bits per heavy atom. The maximum absolute atomic E-state index is 11.7. The van der Waals surface area contributed by atoms with Gasteiger partial charge in [-0.3, -0.25) is 0 Å². The van der Waals surface area contributed by atoms with Crippen LogP contribution in [0.1, 0.15) is 45.4 Å². The summed E-state index contributed by atoms with van der Waals surface area (Å²) in [5.74, 6) is -2.00. The Hall–Kier alpha value is -1.53. The van der Waals surface area contributed by atoms with Gasteiger partial charge >= 0.3 is 18.1 Å². The van der Waals surface area contributed by atoms with E-state index in [2.05, 4.69) is 11.7 Å². The zero-order chi connectivity index (χ0) is 16.1. The van der Waals surface area contributed by atoms with Crippen LogP contribution in [0.4, 0.5) is 13.2 Å². The first-order valence-electron chi connectivity index (χ1n) is 6.93. The summed E-state index contributed by atoms with van der Waals surface area (Å²) >= 11 is 0.